The van der Waals surface area contributed by atoms with Crippen LogP contribution in [0.15, 0.2) is 71.3 Å². The zero-order valence-corrected chi connectivity index (χ0v) is 18.0. The number of esters is 1. The van der Waals surface area contributed by atoms with Crippen LogP contribution >= 0.6 is 0 Å². The first kappa shape index (κ1) is 20.8. The van der Waals surface area contributed by atoms with Crippen molar-refractivity contribution in [1.82, 2.24) is 10.3 Å². The highest BCUT2D eigenvalue weighted by molar-refractivity contribution is 6.04. The molecule has 2 aromatic rings. The van der Waals surface area contributed by atoms with Gasteiger partial charge in [0.05, 0.1) is 19.3 Å². The van der Waals surface area contributed by atoms with E-state index in [1.54, 1.807) is 26.4 Å². The molecule has 6 heteroatoms. The lowest BCUT2D eigenvalue weighted by Crippen LogP contribution is -2.36. The molecule has 0 saturated carbocycles. The largest absolute Gasteiger partial charge is 0.497 e. The maximum absolute atomic E-state index is 13.4. The van der Waals surface area contributed by atoms with Crippen LogP contribution in [-0.4, -0.2) is 30.5 Å². The Labute approximate surface area is 182 Å². The second-order valence-corrected chi connectivity index (χ2v) is 7.80. The normalized spacial score (nSPS) is 20.8. The van der Waals surface area contributed by atoms with E-state index in [0.717, 1.165) is 22.6 Å². The molecule has 0 bridgehead atoms. The van der Waals surface area contributed by atoms with Crippen LogP contribution < -0.4 is 10.1 Å². The molecule has 1 N–H and O–H groups in total. The fourth-order valence-electron chi connectivity index (χ4n) is 4.51. The van der Waals surface area contributed by atoms with Gasteiger partial charge in [0.1, 0.15) is 5.75 Å². The topological polar surface area (TPSA) is 77.5 Å². The van der Waals surface area contributed by atoms with Crippen molar-refractivity contribution in [3.8, 4) is 5.75 Å². The predicted molar refractivity (Wildman–Crippen MR) is 116 cm³/mol. The summed E-state index contributed by atoms with van der Waals surface area (Å²) in [5.74, 6) is 0.0104. The summed E-state index contributed by atoms with van der Waals surface area (Å²) >= 11 is 0. The van der Waals surface area contributed by atoms with Crippen molar-refractivity contribution in [3.63, 3.8) is 0 Å². The fourth-order valence-corrected chi connectivity index (χ4v) is 4.51. The summed E-state index contributed by atoms with van der Waals surface area (Å²) < 4.78 is 10.6. The molecular formula is C25H26N2O4. The first-order valence-corrected chi connectivity index (χ1v) is 10.5. The Kier molecular flexibility index (Phi) is 5.89. The molecule has 6 nitrogen and oxygen atoms in total. The van der Waals surface area contributed by atoms with Crippen molar-refractivity contribution in [2.45, 2.75) is 38.5 Å². The van der Waals surface area contributed by atoms with Crippen molar-refractivity contribution < 1.29 is 19.1 Å². The van der Waals surface area contributed by atoms with E-state index in [4.69, 9.17) is 9.47 Å². The van der Waals surface area contributed by atoms with Crippen molar-refractivity contribution in [1.29, 1.82) is 0 Å². The van der Waals surface area contributed by atoms with Gasteiger partial charge in [0.15, 0.2) is 5.78 Å². The first-order chi connectivity index (χ1) is 15.0. The first-order valence-electron chi connectivity index (χ1n) is 10.5. The third-order valence-electron chi connectivity index (χ3n) is 5.93. The monoisotopic (exact) mass is 418 g/mol. The lowest BCUT2D eigenvalue weighted by molar-refractivity contribution is -0.138. The zero-order chi connectivity index (χ0) is 22.0. The molecule has 0 radical (unpaired) electrons. The van der Waals surface area contributed by atoms with E-state index in [9.17, 15) is 9.59 Å². The summed E-state index contributed by atoms with van der Waals surface area (Å²) in [6, 6.07) is 11.6. The molecule has 2 unspecified atom stereocenters. The number of nitrogens with zero attached hydrogens (tertiary/aromatic N) is 1. The molecule has 1 aliphatic carbocycles. The summed E-state index contributed by atoms with van der Waals surface area (Å²) in [4.78, 5) is 30.5. The van der Waals surface area contributed by atoms with Crippen LogP contribution in [0, 0.1) is 0 Å². The van der Waals surface area contributed by atoms with Gasteiger partial charge in [0, 0.05) is 41.7 Å². The minimum Gasteiger partial charge on any atom is -0.497 e. The number of allylic oxidation sites excluding steroid dienone is 3. The molecule has 0 amide bonds. The van der Waals surface area contributed by atoms with Gasteiger partial charge >= 0.3 is 5.97 Å². The van der Waals surface area contributed by atoms with E-state index in [1.165, 1.54) is 0 Å². The lowest BCUT2D eigenvalue weighted by Gasteiger charge is -2.36. The average molecular weight is 418 g/mol. The molecule has 0 spiro atoms. The quantitative estimate of drug-likeness (QED) is 0.739. The Morgan fingerprint density at radius 1 is 1.16 bits per heavy atom. The van der Waals surface area contributed by atoms with Gasteiger partial charge in [-0.3, -0.25) is 9.78 Å². The van der Waals surface area contributed by atoms with Crippen LogP contribution in [0.2, 0.25) is 0 Å². The Morgan fingerprint density at radius 3 is 2.58 bits per heavy atom. The van der Waals surface area contributed by atoms with Crippen molar-refractivity contribution >= 4 is 11.8 Å². The summed E-state index contributed by atoms with van der Waals surface area (Å²) in [6.07, 6.45) is 4.48. The van der Waals surface area contributed by atoms with Crippen LogP contribution in [0.4, 0.5) is 0 Å². The van der Waals surface area contributed by atoms with Crippen LogP contribution in [0.3, 0.4) is 0 Å². The van der Waals surface area contributed by atoms with Gasteiger partial charge in [-0.05, 0) is 55.5 Å². The number of hydrogen-bond acceptors (Lipinski definition) is 6. The van der Waals surface area contributed by atoms with E-state index >= 15 is 0 Å². The highest BCUT2D eigenvalue weighted by Gasteiger charge is 2.41. The number of nitrogens with one attached hydrogen (secondary N) is 1. The van der Waals surface area contributed by atoms with E-state index in [1.807, 2.05) is 43.3 Å². The number of Topliss-reactive ketones (excluding diaryl/α,β-unsaturated/α-hetero) is 1. The smallest absolute Gasteiger partial charge is 0.336 e. The van der Waals surface area contributed by atoms with Gasteiger partial charge in [-0.25, -0.2) is 4.79 Å². The van der Waals surface area contributed by atoms with Crippen molar-refractivity contribution in [3.05, 3.63) is 82.5 Å². The standard InChI is InChI=1S/C25H26N2O4/c1-4-31-25(29)22-15(2)27-20-12-18(16-7-9-19(30-3)10-8-16)13-21(28)24(20)23(22)17-6-5-11-26-14-17/h5-11,14,18,23,27H,4,12-13H2,1-3H3. The lowest BCUT2D eigenvalue weighted by atomic mass is 9.72. The SMILES string of the molecule is CCOC(=O)C1=C(C)NC2=C(C(=O)CC(c3ccc(OC)cc3)C2)C1c1cccnc1. The number of hydrogen-bond donors (Lipinski definition) is 1. The van der Waals surface area contributed by atoms with Gasteiger partial charge in [-0.15, -0.1) is 0 Å². The predicted octanol–water partition coefficient (Wildman–Crippen LogP) is 4.01. The fraction of sp³-hybridized carbons (Fsp3) is 0.320. The zero-order valence-electron chi connectivity index (χ0n) is 18.0. The highest BCUT2D eigenvalue weighted by atomic mass is 16.5. The Morgan fingerprint density at radius 2 is 1.94 bits per heavy atom. The summed E-state index contributed by atoms with van der Waals surface area (Å²) in [7, 11) is 1.64. The van der Waals surface area contributed by atoms with Gasteiger partial charge in [0.2, 0.25) is 0 Å². The number of rotatable bonds is 5. The highest BCUT2D eigenvalue weighted by Crippen LogP contribution is 2.45. The van der Waals surface area contributed by atoms with Gasteiger partial charge < -0.3 is 14.8 Å². The summed E-state index contributed by atoms with van der Waals surface area (Å²) in [5, 5.41) is 3.35. The molecule has 0 saturated heterocycles. The molecule has 2 aliphatic rings. The van der Waals surface area contributed by atoms with Gasteiger partial charge in [0.25, 0.3) is 0 Å². The number of ether oxygens (including phenoxy) is 2. The second-order valence-electron chi connectivity index (χ2n) is 7.80. The number of methoxy groups -OCH3 is 1. The van der Waals surface area contributed by atoms with E-state index in [0.29, 0.717) is 29.7 Å². The van der Waals surface area contributed by atoms with E-state index < -0.39 is 11.9 Å². The Balaban J connectivity index is 1.75. The summed E-state index contributed by atoms with van der Waals surface area (Å²) in [5.41, 5.74) is 4.62. The number of carbonyl (C=O) groups is 2. The molecule has 1 aliphatic heterocycles. The Hall–Kier alpha value is -3.41. The third kappa shape index (κ3) is 3.98. The third-order valence-corrected chi connectivity index (χ3v) is 5.93. The number of pyridine rings is 1. The molecular weight excluding hydrogens is 392 g/mol. The Bertz CT molecular complexity index is 1050. The van der Waals surface area contributed by atoms with Crippen molar-refractivity contribution in [2.24, 2.45) is 0 Å². The minimum absolute atomic E-state index is 0.0396. The average Bonchev–Trinajstić information content (AvgIpc) is 2.78. The minimum atomic E-state index is -0.478. The number of ketones is 1. The molecule has 160 valence electrons. The molecule has 2 heterocycles. The molecule has 0 fully saturated rings. The number of carbonyl (C=O) groups excluding carboxylic acids is 2. The second kappa shape index (κ2) is 8.76. The molecule has 4 rings (SSSR count). The van der Waals surface area contributed by atoms with Crippen molar-refractivity contribution in [2.75, 3.05) is 13.7 Å². The molecule has 1 aromatic carbocycles. The number of dihydropyridines is 1. The van der Waals surface area contributed by atoms with Crippen LogP contribution in [0.1, 0.15) is 49.7 Å². The maximum Gasteiger partial charge on any atom is 0.336 e. The maximum atomic E-state index is 13.4. The van der Waals surface area contributed by atoms with Crippen LogP contribution in [-0.2, 0) is 14.3 Å². The van der Waals surface area contributed by atoms with E-state index in [-0.39, 0.29) is 18.3 Å². The molecule has 31 heavy (non-hydrogen) atoms. The number of benzene rings is 1. The van der Waals surface area contributed by atoms with Gasteiger partial charge in [-0.1, -0.05) is 18.2 Å². The molecule has 1 aromatic heterocycles. The van der Waals surface area contributed by atoms with E-state index in [2.05, 4.69) is 10.3 Å². The van der Waals surface area contributed by atoms with Crippen LogP contribution in [0.25, 0.3) is 0 Å². The number of aromatic nitrogens is 1. The van der Waals surface area contributed by atoms with Gasteiger partial charge in [-0.2, -0.15) is 0 Å². The molecule has 2 atom stereocenters. The van der Waals surface area contributed by atoms with Crippen LogP contribution in [0.5, 0.6) is 5.75 Å². The summed E-state index contributed by atoms with van der Waals surface area (Å²) in [6.45, 7) is 3.91.